The van der Waals surface area contributed by atoms with E-state index >= 15 is 0 Å². The number of nitrogens with one attached hydrogen (secondary N) is 1. The summed E-state index contributed by atoms with van der Waals surface area (Å²) in [6.07, 6.45) is 2.05. The molecule has 0 aliphatic carbocycles. The second kappa shape index (κ2) is 12.7. The number of halogens is 1. The molecule has 2 aromatic carbocycles. The van der Waals surface area contributed by atoms with Gasteiger partial charge in [0, 0.05) is 35.3 Å². The minimum atomic E-state index is -0.769. The van der Waals surface area contributed by atoms with Gasteiger partial charge in [-0.3, -0.25) is 9.59 Å². The summed E-state index contributed by atoms with van der Waals surface area (Å²) in [5, 5.41) is 3.08. The van der Waals surface area contributed by atoms with Gasteiger partial charge in [-0.1, -0.05) is 39.3 Å². The van der Waals surface area contributed by atoms with Crippen LogP contribution < -0.4 is 10.1 Å². The number of benzene rings is 2. The average Bonchev–Trinajstić information content (AvgIpc) is 2.94. The fourth-order valence-corrected chi connectivity index (χ4v) is 5.78. The molecule has 0 aromatic heterocycles. The smallest absolute Gasteiger partial charge is 0.327 e. The number of likely N-dealkylation sites (tertiary alicyclic amines) is 1. The Morgan fingerprint density at radius 1 is 1.00 bits per heavy atom. The lowest BCUT2D eigenvalue weighted by Gasteiger charge is -2.53. The predicted octanol–water partition coefficient (Wildman–Crippen LogP) is 5.28. The fraction of sp³-hybridized carbons (Fsp3) is 0.500. The number of nitrogens with zero attached hydrogens (tertiary/aromatic N) is 3. The van der Waals surface area contributed by atoms with Gasteiger partial charge in [0.2, 0.25) is 5.91 Å². The molecule has 0 unspecified atom stereocenters. The first-order valence-electron chi connectivity index (χ1n) is 13.9. The van der Waals surface area contributed by atoms with E-state index in [1.165, 1.54) is 4.90 Å². The Morgan fingerprint density at radius 2 is 1.62 bits per heavy atom. The molecule has 9 heteroatoms. The van der Waals surface area contributed by atoms with Gasteiger partial charge in [-0.15, -0.1) is 0 Å². The highest BCUT2D eigenvalue weighted by atomic mass is 127. The van der Waals surface area contributed by atoms with Crippen LogP contribution in [0.25, 0.3) is 0 Å². The van der Waals surface area contributed by atoms with Crippen molar-refractivity contribution in [2.24, 2.45) is 5.41 Å². The molecule has 2 atom stereocenters. The van der Waals surface area contributed by atoms with Gasteiger partial charge in [0.25, 0.3) is 5.91 Å². The predicted molar refractivity (Wildman–Crippen MR) is 159 cm³/mol. The minimum absolute atomic E-state index is 0.00325. The summed E-state index contributed by atoms with van der Waals surface area (Å²) in [4.78, 5) is 45.1. The number of β-lactam (4-membered cyclic amide) rings is 1. The number of carbonyl (C=O) groups is 3. The third-order valence-corrected chi connectivity index (χ3v) is 8.84. The molecule has 2 heterocycles. The van der Waals surface area contributed by atoms with E-state index in [1.807, 2.05) is 43.0 Å². The summed E-state index contributed by atoms with van der Waals surface area (Å²) in [6, 6.07) is 14.4. The summed E-state index contributed by atoms with van der Waals surface area (Å²) in [6.45, 7) is 9.12. The zero-order valence-corrected chi connectivity index (χ0v) is 25.4. The number of likely N-dealkylation sites (N-methyl/N-ethyl adjacent to an activating group) is 1. The molecule has 1 N–H and O–H groups in total. The van der Waals surface area contributed by atoms with Crippen LogP contribution in [0, 0.1) is 8.99 Å². The highest BCUT2D eigenvalue weighted by Crippen LogP contribution is 2.46. The summed E-state index contributed by atoms with van der Waals surface area (Å²) in [7, 11) is 2.06. The monoisotopic (exact) mass is 646 g/mol. The van der Waals surface area contributed by atoms with Gasteiger partial charge in [0.15, 0.2) is 6.23 Å². The molecular formula is C30H39IN4O4. The van der Waals surface area contributed by atoms with Crippen molar-refractivity contribution < 1.29 is 19.1 Å². The molecule has 2 aliphatic rings. The molecule has 0 bridgehead atoms. The molecule has 39 heavy (non-hydrogen) atoms. The van der Waals surface area contributed by atoms with E-state index in [2.05, 4.69) is 46.8 Å². The third-order valence-electron chi connectivity index (χ3n) is 8.12. The van der Waals surface area contributed by atoms with Crippen LogP contribution in [0.15, 0.2) is 48.5 Å². The Morgan fingerprint density at radius 3 is 2.18 bits per heavy atom. The van der Waals surface area contributed by atoms with Crippen molar-refractivity contribution in [3.05, 3.63) is 63.2 Å². The van der Waals surface area contributed by atoms with Gasteiger partial charge in [-0.25, -0.2) is 9.69 Å². The first kappa shape index (κ1) is 29.3. The lowest BCUT2D eigenvalue weighted by Crippen LogP contribution is -2.73. The number of hydrogen-bond acceptors (Lipinski definition) is 5. The molecule has 0 radical (unpaired) electrons. The molecule has 0 saturated carbocycles. The second-order valence-electron chi connectivity index (χ2n) is 10.5. The molecule has 2 fully saturated rings. The maximum absolute atomic E-state index is 13.5. The maximum Gasteiger partial charge on any atom is 0.327 e. The maximum atomic E-state index is 13.5. The van der Waals surface area contributed by atoms with E-state index in [0.29, 0.717) is 37.2 Å². The number of amides is 4. The first-order valence-corrected chi connectivity index (χ1v) is 15.0. The van der Waals surface area contributed by atoms with E-state index in [4.69, 9.17) is 4.74 Å². The SMILES string of the molecule is CCC[C@@H](NC(=O)N1C(=O)C(CC)(CC)[C@@H]1Oc1ccc(C(=O)N2CCN(C)CC2)cc1)c1ccc(I)cc1. The zero-order valence-electron chi connectivity index (χ0n) is 23.3. The summed E-state index contributed by atoms with van der Waals surface area (Å²) in [5.74, 6) is 0.312. The van der Waals surface area contributed by atoms with Gasteiger partial charge in [-0.05, 0) is 90.9 Å². The molecular weight excluding hydrogens is 607 g/mol. The molecule has 2 aromatic rings. The normalized spacial score (nSPS) is 19.8. The summed E-state index contributed by atoms with van der Waals surface area (Å²) < 4.78 is 7.44. The van der Waals surface area contributed by atoms with Gasteiger partial charge in [-0.2, -0.15) is 0 Å². The van der Waals surface area contributed by atoms with Crippen LogP contribution in [0.2, 0.25) is 0 Å². The quantitative estimate of drug-likeness (QED) is 0.296. The highest BCUT2D eigenvalue weighted by Gasteiger charge is 2.63. The van der Waals surface area contributed by atoms with Crippen molar-refractivity contribution in [3.8, 4) is 5.75 Å². The van der Waals surface area contributed by atoms with E-state index in [1.54, 1.807) is 24.3 Å². The molecule has 4 rings (SSSR count). The number of urea groups is 1. The van der Waals surface area contributed by atoms with E-state index < -0.39 is 17.7 Å². The van der Waals surface area contributed by atoms with Crippen LogP contribution in [0.4, 0.5) is 4.79 Å². The van der Waals surface area contributed by atoms with Gasteiger partial charge >= 0.3 is 6.03 Å². The third kappa shape index (κ3) is 6.09. The Labute approximate surface area is 245 Å². The standard InChI is InChI=1S/C30H39IN4O4/c1-5-8-25(21-9-13-23(31)14-10-21)32-29(38)35-27(37)30(6-2,7-3)28(35)39-24-15-11-22(12-16-24)26(36)34-19-17-33(4)18-20-34/h9-16,25,28H,5-8,17-20H2,1-4H3,(H,32,38)/t25-,28+/m1/s1. The summed E-state index contributed by atoms with van der Waals surface area (Å²) in [5.41, 5.74) is 0.840. The molecule has 210 valence electrons. The average molecular weight is 647 g/mol. The number of rotatable bonds is 9. The number of carbonyl (C=O) groups excluding carboxylic acids is 3. The first-order chi connectivity index (χ1) is 18.7. The van der Waals surface area contributed by atoms with Crippen LogP contribution >= 0.6 is 22.6 Å². The van der Waals surface area contributed by atoms with Crippen molar-refractivity contribution in [1.82, 2.24) is 20.0 Å². The van der Waals surface area contributed by atoms with Crippen molar-refractivity contribution in [2.45, 2.75) is 58.7 Å². The van der Waals surface area contributed by atoms with Crippen molar-refractivity contribution in [3.63, 3.8) is 0 Å². The van der Waals surface area contributed by atoms with Crippen molar-refractivity contribution >= 4 is 40.4 Å². The lowest BCUT2D eigenvalue weighted by molar-refractivity contribution is -0.191. The van der Waals surface area contributed by atoms with E-state index in [9.17, 15) is 14.4 Å². The molecule has 2 aliphatic heterocycles. The van der Waals surface area contributed by atoms with Crippen LogP contribution in [-0.4, -0.2) is 72.0 Å². The molecule has 0 spiro atoms. The molecule has 2 saturated heterocycles. The Kier molecular flexibility index (Phi) is 9.53. The Balaban J connectivity index is 1.49. The largest absolute Gasteiger partial charge is 0.469 e. The van der Waals surface area contributed by atoms with Crippen molar-refractivity contribution in [1.29, 1.82) is 0 Å². The second-order valence-corrected chi connectivity index (χ2v) is 11.7. The molecule has 8 nitrogen and oxygen atoms in total. The molecule has 4 amide bonds. The number of hydrogen-bond donors (Lipinski definition) is 1. The van der Waals surface area contributed by atoms with Crippen LogP contribution in [0.3, 0.4) is 0 Å². The number of ether oxygens (including phenoxy) is 1. The highest BCUT2D eigenvalue weighted by molar-refractivity contribution is 14.1. The number of piperazine rings is 1. The van der Waals surface area contributed by atoms with Gasteiger partial charge < -0.3 is 19.9 Å². The Hall–Kier alpha value is -2.66. The summed E-state index contributed by atoms with van der Waals surface area (Å²) >= 11 is 2.26. The minimum Gasteiger partial charge on any atom is -0.469 e. The lowest BCUT2D eigenvalue weighted by atomic mass is 9.72. The number of imide groups is 1. The van der Waals surface area contributed by atoms with Gasteiger partial charge in [0.05, 0.1) is 6.04 Å². The van der Waals surface area contributed by atoms with Crippen LogP contribution in [-0.2, 0) is 4.79 Å². The topological polar surface area (TPSA) is 82.2 Å². The van der Waals surface area contributed by atoms with Crippen LogP contribution in [0.1, 0.15) is 68.4 Å². The van der Waals surface area contributed by atoms with E-state index in [0.717, 1.165) is 35.1 Å². The fourth-order valence-electron chi connectivity index (χ4n) is 5.42. The van der Waals surface area contributed by atoms with Crippen LogP contribution in [0.5, 0.6) is 5.75 Å². The van der Waals surface area contributed by atoms with E-state index in [-0.39, 0.29) is 17.9 Å². The Bertz CT molecular complexity index is 1160. The zero-order chi connectivity index (χ0) is 28.2. The van der Waals surface area contributed by atoms with Gasteiger partial charge in [0.1, 0.15) is 11.2 Å². The van der Waals surface area contributed by atoms with Crippen molar-refractivity contribution in [2.75, 3.05) is 33.2 Å².